The molecule has 1 heteroatoms. The lowest BCUT2D eigenvalue weighted by Gasteiger charge is -2.41. The van der Waals surface area contributed by atoms with Gasteiger partial charge in [-0.2, -0.15) is 0 Å². The Labute approximate surface area is 88.3 Å². The normalized spacial score (nSPS) is 29.3. The predicted molar refractivity (Wildman–Crippen MR) is 60.2 cm³/mol. The molecule has 0 aromatic rings. The van der Waals surface area contributed by atoms with E-state index in [2.05, 4.69) is 27.7 Å². The summed E-state index contributed by atoms with van der Waals surface area (Å²) in [5.74, 6) is 1.89. The van der Waals surface area contributed by atoms with Gasteiger partial charge in [0.05, 0.1) is 0 Å². The van der Waals surface area contributed by atoms with Crippen molar-refractivity contribution in [3.63, 3.8) is 0 Å². The fraction of sp³-hybridized carbons (Fsp3) is 0.923. The van der Waals surface area contributed by atoms with Crippen LogP contribution in [-0.4, -0.2) is 5.78 Å². The molecule has 0 saturated heterocycles. The standard InChI is InChI=1S/C13H24O/c1-5-10-7-8-11(14)9-12(10)13(3,4)6-2/h10,12H,5-9H2,1-4H3. The molecule has 0 spiro atoms. The van der Waals surface area contributed by atoms with E-state index in [0.717, 1.165) is 25.2 Å². The Balaban J connectivity index is 2.75. The van der Waals surface area contributed by atoms with Gasteiger partial charge in [-0.25, -0.2) is 0 Å². The van der Waals surface area contributed by atoms with Crippen LogP contribution < -0.4 is 0 Å². The molecule has 0 aromatic carbocycles. The molecule has 0 aromatic heterocycles. The van der Waals surface area contributed by atoms with E-state index >= 15 is 0 Å². The topological polar surface area (TPSA) is 17.1 Å². The van der Waals surface area contributed by atoms with Crippen molar-refractivity contribution in [2.24, 2.45) is 17.3 Å². The Morgan fingerprint density at radius 1 is 1.36 bits per heavy atom. The van der Waals surface area contributed by atoms with E-state index in [1.807, 2.05) is 0 Å². The zero-order valence-electron chi connectivity index (χ0n) is 10.1. The van der Waals surface area contributed by atoms with E-state index in [9.17, 15) is 4.79 Å². The van der Waals surface area contributed by atoms with Crippen molar-refractivity contribution in [2.75, 3.05) is 0 Å². The molecule has 0 amide bonds. The molecule has 2 atom stereocenters. The van der Waals surface area contributed by atoms with Crippen molar-refractivity contribution < 1.29 is 4.79 Å². The van der Waals surface area contributed by atoms with Crippen LogP contribution in [0.4, 0.5) is 0 Å². The van der Waals surface area contributed by atoms with E-state index in [-0.39, 0.29) is 0 Å². The molecule has 1 aliphatic carbocycles. The number of hydrogen-bond donors (Lipinski definition) is 0. The highest BCUT2D eigenvalue weighted by atomic mass is 16.1. The molecule has 82 valence electrons. The number of carbonyl (C=O) groups excluding carboxylic acids is 1. The third-order valence-electron chi connectivity index (χ3n) is 4.25. The number of hydrogen-bond acceptors (Lipinski definition) is 1. The molecule has 0 heterocycles. The first kappa shape index (κ1) is 11.7. The largest absolute Gasteiger partial charge is 0.300 e. The summed E-state index contributed by atoms with van der Waals surface area (Å²) in [6.45, 7) is 9.14. The molecule has 0 bridgehead atoms. The maximum Gasteiger partial charge on any atom is 0.133 e. The zero-order chi connectivity index (χ0) is 10.8. The first-order valence-corrected chi connectivity index (χ1v) is 6.03. The van der Waals surface area contributed by atoms with E-state index in [1.54, 1.807) is 0 Å². The van der Waals surface area contributed by atoms with Crippen LogP contribution in [-0.2, 0) is 4.79 Å². The Kier molecular flexibility index (Phi) is 3.74. The van der Waals surface area contributed by atoms with Crippen LogP contribution in [0.15, 0.2) is 0 Å². The van der Waals surface area contributed by atoms with Gasteiger partial charge in [-0.1, -0.05) is 40.5 Å². The second kappa shape index (κ2) is 4.46. The van der Waals surface area contributed by atoms with Gasteiger partial charge < -0.3 is 0 Å². The van der Waals surface area contributed by atoms with Crippen LogP contribution in [0.25, 0.3) is 0 Å². The van der Waals surface area contributed by atoms with E-state index in [4.69, 9.17) is 0 Å². The number of rotatable bonds is 3. The second-order valence-electron chi connectivity index (χ2n) is 5.40. The molecule has 1 nitrogen and oxygen atoms in total. The third kappa shape index (κ3) is 2.37. The third-order valence-corrected chi connectivity index (χ3v) is 4.25. The fourth-order valence-electron chi connectivity index (χ4n) is 2.73. The van der Waals surface area contributed by atoms with Crippen molar-refractivity contribution >= 4 is 5.78 Å². The molecule has 2 unspecified atom stereocenters. The smallest absolute Gasteiger partial charge is 0.133 e. The lowest BCUT2D eigenvalue weighted by molar-refractivity contribution is -0.124. The highest BCUT2D eigenvalue weighted by Gasteiger charge is 2.37. The summed E-state index contributed by atoms with van der Waals surface area (Å²) in [6.07, 6.45) is 5.21. The van der Waals surface area contributed by atoms with Crippen LogP contribution in [0.2, 0.25) is 0 Å². The summed E-state index contributed by atoms with van der Waals surface area (Å²) >= 11 is 0. The van der Waals surface area contributed by atoms with Crippen LogP contribution in [0, 0.1) is 17.3 Å². The second-order valence-corrected chi connectivity index (χ2v) is 5.40. The molecular formula is C13H24O. The van der Waals surface area contributed by atoms with Crippen molar-refractivity contribution in [3.05, 3.63) is 0 Å². The number of carbonyl (C=O) groups is 1. The minimum atomic E-state index is 0.344. The molecule has 1 saturated carbocycles. The van der Waals surface area contributed by atoms with E-state index < -0.39 is 0 Å². The lowest BCUT2D eigenvalue weighted by Crippen LogP contribution is -2.35. The molecular weight excluding hydrogens is 172 g/mol. The van der Waals surface area contributed by atoms with Gasteiger partial charge in [0, 0.05) is 12.8 Å². The van der Waals surface area contributed by atoms with Gasteiger partial charge in [-0.3, -0.25) is 4.79 Å². The molecule has 0 radical (unpaired) electrons. The fourth-order valence-corrected chi connectivity index (χ4v) is 2.73. The minimum absolute atomic E-state index is 0.344. The van der Waals surface area contributed by atoms with Gasteiger partial charge in [-0.15, -0.1) is 0 Å². The Morgan fingerprint density at radius 2 is 2.00 bits per heavy atom. The monoisotopic (exact) mass is 196 g/mol. The first-order valence-electron chi connectivity index (χ1n) is 6.03. The van der Waals surface area contributed by atoms with Gasteiger partial charge in [0.25, 0.3) is 0 Å². The molecule has 1 rings (SSSR count). The Hall–Kier alpha value is -0.330. The average Bonchev–Trinajstić information content (AvgIpc) is 2.18. The Bertz CT molecular complexity index is 205. The highest BCUT2D eigenvalue weighted by molar-refractivity contribution is 5.79. The summed E-state index contributed by atoms with van der Waals surface area (Å²) in [5, 5.41) is 0. The first-order chi connectivity index (χ1) is 6.51. The maximum atomic E-state index is 11.5. The van der Waals surface area contributed by atoms with Crippen molar-refractivity contribution in [3.8, 4) is 0 Å². The maximum absolute atomic E-state index is 11.5. The van der Waals surface area contributed by atoms with E-state index in [1.165, 1.54) is 12.8 Å². The number of Topliss-reactive ketones (excluding diaryl/α,β-unsaturated/α-hetero) is 1. The van der Waals surface area contributed by atoms with Gasteiger partial charge in [0.15, 0.2) is 0 Å². The predicted octanol–water partition coefficient (Wildman–Crippen LogP) is 3.82. The van der Waals surface area contributed by atoms with Crippen LogP contribution >= 0.6 is 0 Å². The van der Waals surface area contributed by atoms with Crippen LogP contribution in [0.5, 0.6) is 0 Å². The van der Waals surface area contributed by atoms with Crippen molar-refractivity contribution in [1.82, 2.24) is 0 Å². The molecule has 0 N–H and O–H groups in total. The lowest BCUT2D eigenvalue weighted by atomic mass is 9.63. The van der Waals surface area contributed by atoms with Gasteiger partial charge >= 0.3 is 0 Å². The summed E-state index contributed by atoms with van der Waals surface area (Å²) in [6, 6.07) is 0. The molecule has 14 heavy (non-hydrogen) atoms. The zero-order valence-corrected chi connectivity index (χ0v) is 10.1. The summed E-state index contributed by atoms with van der Waals surface area (Å²) in [5.41, 5.74) is 0.344. The van der Waals surface area contributed by atoms with E-state index in [0.29, 0.717) is 17.1 Å². The quantitative estimate of drug-likeness (QED) is 0.670. The van der Waals surface area contributed by atoms with Crippen molar-refractivity contribution in [2.45, 2.75) is 59.8 Å². The van der Waals surface area contributed by atoms with Gasteiger partial charge in [0.1, 0.15) is 5.78 Å². The minimum Gasteiger partial charge on any atom is -0.300 e. The highest BCUT2D eigenvalue weighted by Crippen LogP contribution is 2.43. The summed E-state index contributed by atoms with van der Waals surface area (Å²) in [4.78, 5) is 11.5. The molecule has 0 aliphatic heterocycles. The Morgan fingerprint density at radius 3 is 2.50 bits per heavy atom. The summed E-state index contributed by atoms with van der Waals surface area (Å²) in [7, 11) is 0. The van der Waals surface area contributed by atoms with Crippen LogP contribution in [0.3, 0.4) is 0 Å². The van der Waals surface area contributed by atoms with Gasteiger partial charge in [-0.05, 0) is 23.7 Å². The van der Waals surface area contributed by atoms with Gasteiger partial charge in [0.2, 0.25) is 0 Å². The molecule has 1 fully saturated rings. The number of ketones is 1. The van der Waals surface area contributed by atoms with Crippen molar-refractivity contribution in [1.29, 1.82) is 0 Å². The molecule has 1 aliphatic rings. The van der Waals surface area contributed by atoms with Crippen LogP contribution in [0.1, 0.15) is 59.8 Å². The SMILES string of the molecule is CCC1CCC(=O)CC1C(C)(C)CC. The average molecular weight is 196 g/mol. The summed E-state index contributed by atoms with van der Waals surface area (Å²) < 4.78 is 0.